The summed E-state index contributed by atoms with van der Waals surface area (Å²) in [5.41, 5.74) is -0.252. The summed E-state index contributed by atoms with van der Waals surface area (Å²) in [6.07, 6.45) is 2.00. The van der Waals surface area contributed by atoms with Gasteiger partial charge in [0.1, 0.15) is 0 Å². The summed E-state index contributed by atoms with van der Waals surface area (Å²) in [6.45, 7) is 1.97. The molecule has 2 aromatic rings. The first-order chi connectivity index (χ1) is 13.0. The molecule has 1 amide bonds. The third-order valence-corrected chi connectivity index (χ3v) is 7.89. The molecule has 0 aliphatic carbocycles. The second-order valence-electron chi connectivity index (χ2n) is 6.85. The number of benzene rings is 1. The van der Waals surface area contributed by atoms with Gasteiger partial charge in [0.25, 0.3) is 0 Å². The number of piperidine rings is 1. The van der Waals surface area contributed by atoms with Crippen LogP contribution in [0.2, 0.25) is 0 Å². The van der Waals surface area contributed by atoms with Crippen LogP contribution in [-0.4, -0.2) is 51.7 Å². The summed E-state index contributed by atoms with van der Waals surface area (Å²) >= 11 is -0.537. The molecule has 1 aromatic carbocycles. The van der Waals surface area contributed by atoms with Crippen LogP contribution in [0.1, 0.15) is 23.2 Å². The van der Waals surface area contributed by atoms with Gasteiger partial charge in [-0.2, -0.15) is 0 Å². The molecule has 1 N–H and O–H groups in total. The van der Waals surface area contributed by atoms with Crippen molar-refractivity contribution in [1.82, 2.24) is 12.6 Å². The van der Waals surface area contributed by atoms with Gasteiger partial charge in [-0.25, -0.2) is 0 Å². The number of hydrogen-bond donors (Lipinski definition) is 1. The number of rotatable bonds is 4. The number of aromatic nitrogens is 1. The van der Waals surface area contributed by atoms with Crippen LogP contribution in [0.5, 0.6) is 11.6 Å². The number of likely N-dealkylation sites (tertiary alicyclic amines) is 1. The molecule has 0 spiro atoms. The van der Waals surface area contributed by atoms with Gasteiger partial charge in [-0.1, -0.05) is 0 Å². The monoisotopic (exact) mass is 485 g/mol. The molecule has 2 saturated heterocycles. The number of carbonyl (C=O) groups is 1. The predicted octanol–water partition coefficient (Wildman–Crippen LogP) is -0.478. The Labute approximate surface area is 167 Å². The molecule has 2 aliphatic rings. The molecule has 0 bridgehead atoms. The standard InChI is InChI=1S/C19H21FIN3O3/c1-23-10-8-13(9-11-23)27-17-7-3-6-16(22-17)24(12-21-24)19(26)18-14(20)4-2-5-15(18)25/h2-7,13,25H,8-12H2,1H3. The number of phenolic OH excluding ortho intramolecular Hbond substituents is 1. The second kappa shape index (κ2) is 7.33. The Hall–Kier alpha value is -1.78. The third-order valence-electron chi connectivity index (χ3n) is 4.91. The zero-order chi connectivity index (χ0) is 19.0. The van der Waals surface area contributed by atoms with E-state index in [4.69, 9.17) is 4.74 Å². The zero-order valence-corrected chi connectivity index (χ0v) is 17.1. The molecule has 1 unspecified atom stereocenters. The molecule has 4 rings (SSSR count). The van der Waals surface area contributed by atoms with Gasteiger partial charge in [0, 0.05) is 0 Å². The van der Waals surface area contributed by atoms with E-state index in [1.807, 2.05) is 6.07 Å². The Balaban J connectivity index is 1.57. The average molecular weight is 485 g/mol. The summed E-state index contributed by atoms with van der Waals surface area (Å²) in [5, 5.41) is 9.98. The van der Waals surface area contributed by atoms with Crippen molar-refractivity contribution < 1.29 is 40.5 Å². The fourth-order valence-electron chi connectivity index (χ4n) is 3.23. The van der Waals surface area contributed by atoms with Gasteiger partial charge in [-0.05, 0) is 0 Å². The predicted molar refractivity (Wildman–Crippen MR) is 94.4 cm³/mol. The van der Waals surface area contributed by atoms with E-state index in [1.165, 1.54) is 18.2 Å². The maximum atomic E-state index is 14.2. The number of alkyl halides is 1. The normalized spacial score (nSPS) is 23.5. The molecule has 0 saturated carbocycles. The van der Waals surface area contributed by atoms with Crippen LogP contribution in [0.15, 0.2) is 36.4 Å². The van der Waals surface area contributed by atoms with Crippen LogP contribution in [0.4, 0.5) is 10.2 Å². The summed E-state index contributed by atoms with van der Waals surface area (Å²) in [7, 11) is 2.09. The van der Waals surface area contributed by atoms with Crippen molar-refractivity contribution >= 4 is 11.7 Å². The molecular weight excluding hydrogens is 464 g/mol. The number of aromatic hydroxyl groups is 1. The van der Waals surface area contributed by atoms with E-state index < -0.39 is 33.2 Å². The minimum absolute atomic E-state index is 0.0119. The third kappa shape index (κ3) is 3.65. The molecule has 144 valence electrons. The molecule has 8 heteroatoms. The van der Waals surface area contributed by atoms with Crippen molar-refractivity contribution in [2.24, 2.45) is 0 Å². The minimum atomic E-state index is -0.702. The first-order valence-electron chi connectivity index (χ1n) is 8.84. The van der Waals surface area contributed by atoms with Crippen molar-refractivity contribution in [1.29, 1.82) is 0 Å². The number of carbonyl (C=O) groups excluding carboxylic acids is 1. The Bertz CT molecular complexity index is 847. The number of nitrogens with zero attached hydrogens (tertiary/aromatic N) is 3. The van der Waals surface area contributed by atoms with Gasteiger partial charge < -0.3 is 0 Å². The van der Waals surface area contributed by atoms with Gasteiger partial charge in [0.05, 0.1) is 0 Å². The molecule has 6 nitrogen and oxygen atoms in total. The summed E-state index contributed by atoms with van der Waals surface area (Å²) in [6, 6.07) is 9.32. The number of phenols is 1. The molecule has 1 atom stereocenters. The first kappa shape index (κ1) is 18.6. The Morgan fingerprint density at radius 2 is 2.00 bits per heavy atom. The Morgan fingerprint density at radius 3 is 2.67 bits per heavy atom. The van der Waals surface area contributed by atoms with E-state index >= 15 is 0 Å². The van der Waals surface area contributed by atoms with Gasteiger partial charge in [0.2, 0.25) is 0 Å². The van der Waals surface area contributed by atoms with Gasteiger partial charge in [0.15, 0.2) is 0 Å². The van der Waals surface area contributed by atoms with Gasteiger partial charge in [-0.15, -0.1) is 0 Å². The summed E-state index contributed by atoms with van der Waals surface area (Å²) < 4.78 is 20.8. The number of ether oxygens (including phenoxy) is 1. The fourth-order valence-corrected chi connectivity index (χ4v) is 5.36. The van der Waals surface area contributed by atoms with E-state index in [1.54, 1.807) is 12.1 Å². The summed E-state index contributed by atoms with van der Waals surface area (Å²) in [5.74, 6) is -0.386. The van der Waals surface area contributed by atoms with Crippen LogP contribution >= 0.6 is 0 Å². The number of quaternary nitrogens is 1. The SMILES string of the molecule is CN1CCC(Oc2cccc([N+]3(C(=O)c4c(O)cccc4F)C[I-]3)n2)CC1. The molecule has 3 heterocycles. The van der Waals surface area contributed by atoms with Crippen molar-refractivity contribution in [3.63, 3.8) is 0 Å². The fraction of sp³-hybridized carbons (Fsp3) is 0.368. The van der Waals surface area contributed by atoms with Crippen molar-refractivity contribution in [2.75, 3.05) is 24.7 Å². The van der Waals surface area contributed by atoms with Crippen LogP contribution < -0.4 is 28.9 Å². The topological polar surface area (TPSA) is 62.7 Å². The van der Waals surface area contributed by atoms with Crippen LogP contribution in [0.25, 0.3) is 0 Å². The molecule has 27 heavy (non-hydrogen) atoms. The molecule has 2 aliphatic heterocycles. The van der Waals surface area contributed by atoms with E-state index in [9.17, 15) is 14.3 Å². The summed E-state index contributed by atoms with van der Waals surface area (Å²) in [4.78, 5) is 19.9. The van der Waals surface area contributed by atoms with Crippen molar-refractivity contribution in [3.8, 4) is 11.6 Å². The van der Waals surface area contributed by atoms with E-state index in [0.717, 1.165) is 25.9 Å². The zero-order valence-electron chi connectivity index (χ0n) is 14.9. The van der Waals surface area contributed by atoms with Crippen LogP contribution in [0.3, 0.4) is 0 Å². The molecule has 1 aromatic heterocycles. The van der Waals surface area contributed by atoms with Gasteiger partial charge in [-0.3, -0.25) is 0 Å². The second-order valence-corrected chi connectivity index (χ2v) is 9.86. The first-order valence-corrected chi connectivity index (χ1v) is 11.3. The number of halogens is 2. The van der Waals surface area contributed by atoms with Crippen LogP contribution in [0, 0.1) is 5.82 Å². The van der Waals surface area contributed by atoms with E-state index in [2.05, 4.69) is 16.9 Å². The molecule has 2 fully saturated rings. The molecule has 0 radical (unpaired) electrons. The number of amides is 1. The maximum absolute atomic E-state index is 14.2. The Kier molecular flexibility index (Phi) is 5.04. The Morgan fingerprint density at radius 1 is 1.30 bits per heavy atom. The number of pyridine rings is 1. The van der Waals surface area contributed by atoms with E-state index in [0.29, 0.717) is 16.2 Å². The number of hydrogen-bond acceptors (Lipinski definition) is 5. The van der Waals surface area contributed by atoms with Crippen LogP contribution in [-0.2, 0) is 0 Å². The van der Waals surface area contributed by atoms with Gasteiger partial charge >= 0.3 is 168 Å². The van der Waals surface area contributed by atoms with Crippen molar-refractivity contribution in [3.05, 3.63) is 47.8 Å². The van der Waals surface area contributed by atoms with E-state index in [-0.39, 0.29) is 20.1 Å². The molecular formula is C19H21FIN3O3. The quantitative estimate of drug-likeness (QED) is 0.209. The average Bonchev–Trinajstić information content (AvgIpc) is 3.46. The van der Waals surface area contributed by atoms with Crippen molar-refractivity contribution in [2.45, 2.75) is 18.9 Å².